The van der Waals surface area contributed by atoms with Gasteiger partial charge in [-0.05, 0) is 35.9 Å². The van der Waals surface area contributed by atoms with Gasteiger partial charge >= 0.3 is 6.61 Å². The smallest absolute Gasteiger partial charge is 0.387 e. The fourth-order valence-corrected chi connectivity index (χ4v) is 2.34. The molecule has 0 bridgehead atoms. The van der Waals surface area contributed by atoms with E-state index in [2.05, 4.69) is 26.0 Å². The van der Waals surface area contributed by atoms with Crippen molar-refractivity contribution in [3.05, 3.63) is 52.0 Å². The van der Waals surface area contributed by atoms with Crippen molar-refractivity contribution >= 4 is 21.8 Å². The van der Waals surface area contributed by atoms with E-state index in [0.29, 0.717) is 10.0 Å². The average molecular weight is 402 g/mol. The molecule has 0 aliphatic heterocycles. The predicted molar refractivity (Wildman–Crippen MR) is 86.6 cm³/mol. The summed E-state index contributed by atoms with van der Waals surface area (Å²) in [4.78, 5) is 12.1. The fourth-order valence-electron chi connectivity index (χ4n) is 1.98. The van der Waals surface area contributed by atoms with Gasteiger partial charge in [-0.25, -0.2) is 0 Å². The highest BCUT2D eigenvalue weighted by Gasteiger charge is 2.13. The Labute approximate surface area is 145 Å². The number of carbonyl (C=O) groups excluding carboxylic acids is 1. The number of amides is 1. The Morgan fingerprint density at radius 1 is 1.25 bits per heavy atom. The van der Waals surface area contributed by atoms with Crippen molar-refractivity contribution in [2.24, 2.45) is 0 Å². The van der Waals surface area contributed by atoms with Crippen LogP contribution in [-0.2, 0) is 6.54 Å². The lowest BCUT2D eigenvalue weighted by Crippen LogP contribution is -2.23. The summed E-state index contributed by atoms with van der Waals surface area (Å²) >= 11 is 3.22. The molecule has 128 valence electrons. The molecule has 2 aromatic rings. The molecule has 0 spiro atoms. The largest absolute Gasteiger partial charge is 0.507 e. The number of carbonyl (C=O) groups is 1. The maximum Gasteiger partial charge on any atom is 0.387 e. The quantitative estimate of drug-likeness (QED) is 0.774. The number of hydrogen-bond acceptors (Lipinski definition) is 4. The number of ether oxygens (including phenoxy) is 2. The van der Waals surface area contributed by atoms with Crippen LogP contribution in [0.5, 0.6) is 17.2 Å². The molecule has 0 radical (unpaired) electrons. The van der Waals surface area contributed by atoms with Gasteiger partial charge in [-0.15, -0.1) is 0 Å². The first-order valence-electron chi connectivity index (χ1n) is 6.79. The van der Waals surface area contributed by atoms with Crippen molar-refractivity contribution in [3.63, 3.8) is 0 Å². The van der Waals surface area contributed by atoms with Gasteiger partial charge in [-0.2, -0.15) is 8.78 Å². The molecule has 0 unspecified atom stereocenters. The van der Waals surface area contributed by atoms with E-state index in [-0.39, 0.29) is 29.4 Å². The first-order chi connectivity index (χ1) is 11.4. The molecule has 24 heavy (non-hydrogen) atoms. The van der Waals surface area contributed by atoms with Crippen LogP contribution in [-0.4, -0.2) is 24.7 Å². The zero-order chi connectivity index (χ0) is 17.7. The van der Waals surface area contributed by atoms with Crippen LogP contribution in [0.25, 0.3) is 0 Å². The van der Waals surface area contributed by atoms with Gasteiger partial charge in [0.05, 0.1) is 12.7 Å². The van der Waals surface area contributed by atoms with Crippen LogP contribution < -0.4 is 14.8 Å². The monoisotopic (exact) mass is 401 g/mol. The van der Waals surface area contributed by atoms with E-state index >= 15 is 0 Å². The number of rotatable bonds is 6. The highest BCUT2D eigenvalue weighted by atomic mass is 79.9. The van der Waals surface area contributed by atoms with Crippen molar-refractivity contribution in [1.29, 1.82) is 0 Å². The van der Waals surface area contributed by atoms with Crippen molar-refractivity contribution in [3.8, 4) is 17.2 Å². The molecule has 0 aliphatic carbocycles. The van der Waals surface area contributed by atoms with Gasteiger partial charge in [-0.3, -0.25) is 4.79 Å². The molecule has 0 saturated carbocycles. The number of benzene rings is 2. The van der Waals surface area contributed by atoms with Crippen LogP contribution in [0.3, 0.4) is 0 Å². The molecule has 2 rings (SSSR count). The number of nitrogens with one attached hydrogen (secondary N) is 1. The van der Waals surface area contributed by atoms with Crippen LogP contribution in [0.15, 0.2) is 40.9 Å². The van der Waals surface area contributed by atoms with Gasteiger partial charge in [0.25, 0.3) is 5.91 Å². The Morgan fingerprint density at radius 2 is 2.00 bits per heavy atom. The predicted octanol–water partition coefficient (Wildman–Crippen LogP) is 3.69. The molecule has 0 heterocycles. The molecule has 0 aliphatic rings. The van der Waals surface area contributed by atoms with E-state index in [1.54, 1.807) is 6.07 Å². The SMILES string of the molecule is COc1cc(CNC(=O)c2cc(Br)ccc2O)ccc1OC(F)F. The first kappa shape index (κ1) is 18.0. The number of hydrogen-bond donors (Lipinski definition) is 2. The average Bonchev–Trinajstić information content (AvgIpc) is 2.55. The molecular formula is C16H14BrF2NO4. The number of phenols is 1. The molecule has 0 aromatic heterocycles. The van der Waals surface area contributed by atoms with Gasteiger partial charge in [-0.1, -0.05) is 22.0 Å². The molecular weight excluding hydrogens is 388 g/mol. The number of alkyl halides is 2. The zero-order valence-corrected chi connectivity index (χ0v) is 14.1. The van der Waals surface area contributed by atoms with Crippen LogP contribution >= 0.6 is 15.9 Å². The van der Waals surface area contributed by atoms with Gasteiger partial charge in [0.1, 0.15) is 5.75 Å². The van der Waals surface area contributed by atoms with Crippen molar-refractivity contribution < 1.29 is 28.2 Å². The van der Waals surface area contributed by atoms with E-state index in [1.165, 1.54) is 37.4 Å². The fraction of sp³-hybridized carbons (Fsp3) is 0.188. The summed E-state index contributed by atoms with van der Waals surface area (Å²) in [5, 5.41) is 12.3. The first-order valence-corrected chi connectivity index (χ1v) is 7.58. The second kappa shape index (κ2) is 7.96. The third-order valence-electron chi connectivity index (χ3n) is 3.10. The van der Waals surface area contributed by atoms with Crippen LogP contribution in [0.2, 0.25) is 0 Å². The minimum atomic E-state index is -2.95. The van der Waals surface area contributed by atoms with Crippen molar-refractivity contribution in [2.75, 3.05) is 7.11 Å². The molecule has 0 atom stereocenters. The number of methoxy groups -OCH3 is 1. The highest BCUT2D eigenvalue weighted by Crippen LogP contribution is 2.29. The van der Waals surface area contributed by atoms with E-state index in [9.17, 15) is 18.7 Å². The molecule has 0 fully saturated rings. The second-order valence-corrected chi connectivity index (χ2v) is 5.62. The van der Waals surface area contributed by atoms with Crippen molar-refractivity contribution in [1.82, 2.24) is 5.32 Å². The standard InChI is InChI=1S/C16H14BrF2NO4/c1-23-14-6-9(2-5-13(14)24-16(18)19)8-20-15(22)11-7-10(17)3-4-12(11)21/h2-7,16,21H,8H2,1H3,(H,20,22). The Balaban J connectivity index is 2.08. The topological polar surface area (TPSA) is 67.8 Å². The maximum atomic E-state index is 12.3. The minimum absolute atomic E-state index is 0.0905. The number of phenolic OH excluding ortho intramolecular Hbond substituents is 1. The molecule has 0 saturated heterocycles. The third kappa shape index (κ3) is 4.58. The van der Waals surface area contributed by atoms with Crippen LogP contribution in [0.4, 0.5) is 8.78 Å². The molecule has 8 heteroatoms. The van der Waals surface area contributed by atoms with Crippen LogP contribution in [0, 0.1) is 0 Å². The molecule has 2 N–H and O–H groups in total. The summed E-state index contributed by atoms with van der Waals surface area (Å²) in [6.07, 6.45) is 0. The van der Waals surface area contributed by atoms with Crippen LogP contribution in [0.1, 0.15) is 15.9 Å². The lowest BCUT2D eigenvalue weighted by molar-refractivity contribution is -0.0512. The second-order valence-electron chi connectivity index (χ2n) is 4.71. The molecule has 2 aromatic carbocycles. The van der Waals surface area contributed by atoms with Gasteiger partial charge in [0.2, 0.25) is 0 Å². The van der Waals surface area contributed by atoms with E-state index < -0.39 is 12.5 Å². The van der Waals surface area contributed by atoms with Gasteiger partial charge < -0.3 is 19.9 Å². The number of aromatic hydroxyl groups is 1. The Hall–Kier alpha value is -2.35. The zero-order valence-electron chi connectivity index (χ0n) is 12.6. The minimum Gasteiger partial charge on any atom is -0.507 e. The summed E-state index contributed by atoms with van der Waals surface area (Å²) in [7, 11) is 1.33. The summed E-state index contributed by atoms with van der Waals surface area (Å²) < 4.78 is 34.6. The molecule has 5 nitrogen and oxygen atoms in total. The Bertz CT molecular complexity index is 740. The third-order valence-corrected chi connectivity index (χ3v) is 3.59. The number of halogens is 3. The van der Waals surface area contributed by atoms with E-state index in [0.717, 1.165) is 0 Å². The Morgan fingerprint density at radius 3 is 2.67 bits per heavy atom. The summed E-state index contributed by atoms with van der Waals surface area (Å²) in [5.41, 5.74) is 0.741. The normalized spacial score (nSPS) is 10.5. The lowest BCUT2D eigenvalue weighted by atomic mass is 10.1. The lowest BCUT2D eigenvalue weighted by Gasteiger charge is -2.12. The molecule has 1 amide bonds. The van der Waals surface area contributed by atoms with Gasteiger partial charge in [0, 0.05) is 11.0 Å². The summed E-state index contributed by atoms with van der Waals surface area (Å²) in [6, 6.07) is 8.85. The maximum absolute atomic E-state index is 12.3. The highest BCUT2D eigenvalue weighted by molar-refractivity contribution is 9.10. The van der Waals surface area contributed by atoms with E-state index in [4.69, 9.17) is 4.74 Å². The summed E-state index contributed by atoms with van der Waals surface area (Å²) in [5.74, 6) is -0.575. The van der Waals surface area contributed by atoms with Gasteiger partial charge in [0.15, 0.2) is 11.5 Å². The Kier molecular flexibility index (Phi) is 5.97. The summed E-state index contributed by atoms with van der Waals surface area (Å²) in [6.45, 7) is -2.83. The van der Waals surface area contributed by atoms with Crippen molar-refractivity contribution in [2.45, 2.75) is 13.2 Å². The van der Waals surface area contributed by atoms with E-state index in [1.807, 2.05) is 0 Å².